The summed E-state index contributed by atoms with van der Waals surface area (Å²) in [4.78, 5) is 22.9. The van der Waals surface area contributed by atoms with Crippen molar-refractivity contribution in [3.63, 3.8) is 0 Å². The van der Waals surface area contributed by atoms with Crippen molar-refractivity contribution < 1.29 is 14.5 Å². The zero-order valence-electron chi connectivity index (χ0n) is 14.0. The molecule has 26 heavy (non-hydrogen) atoms. The number of hydrogen-bond donors (Lipinski definition) is 2. The van der Waals surface area contributed by atoms with Gasteiger partial charge in [0.05, 0.1) is 17.1 Å². The number of ether oxygens (including phenoxy) is 1. The molecule has 0 saturated heterocycles. The van der Waals surface area contributed by atoms with Crippen molar-refractivity contribution in [3.05, 3.63) is 62.1 Å². The van der Waals surface area contributed by atoms with Gasteiger partial charge >= 0.3 is 0 Å². The number of nitrogens with one attached hydrogen (secondary N) is 2. The highest BCUT2D eigenvalue weighted by molar-refractivity contribution is 9.10. The van der Waals surface area contributed by atoms with E-state index in [1.54, 1.807) is 31.2 Å². The number of amides is 1. The number of rotatable bonds is 5. The van der Waals surface area contributed by atoms with Gasteiger partial charge in [0.25, 0.3) is 11.6 Å². The lowest BCUT2D eigenvalue weighted by molar-refractivity contribution is -0.384. The van der Waals surface area contributed by atoms with Crippen LogP contribution in [0.25, 0.3) is 0 Å². The molecule has 0 spiro atoms. The fraction of sp³-hybridized carbons (Fsp3) is 0.176. The highest BCUT2D eigenvalue weighted by atomic mass is 79.9. The van der Waals surface area contributed by atoms with Crippen molar-refractivity contribution in [1.29, 1.82) is 0 Å². The minimum Gasteiger partial charge on any atom is -0.493 e. The third-order valence-electron chi connectivity index (χ3n) is 3.39. The maximum absolute atomic E-state index is 12.5. The molecule has 0 aliphatic heterocycles. The first kappa shape index (κ1) is 19.8. The molecule has 2 aromatic rings. The molecule has 136 valence electrons. The van der Waals surface area contributed by atoms with Crippen LogP contribution in [0.15, 0.2) is 40.9 Å². The van der Waals surface area contributed by atoms with Crippen LogP contribution in [0.3, 0.4) is 0 Å². The van der Waals surface area contributed by atoms with Gasteiger partial charge in [-0.15, -0.1) is 0 Å². The largest absolute Gasteiger partial charge is 0.493 e. The number of nitro benzene ring substituents is 1. The quantitative estimate of drug-likeness (QED) is 0.413. The van der Waals surface area contributed by atoms with Crippen LogP contribution in [0.2, 0.25) is 0 Å². The molecule has 0 atom stereocenters. The lowest BCUT2D eigenvalue weighted by Gasteiger charge is -2.14. The van der Waals surface area contributed by atoms with E-state index in [9.17, 15) is 14.9 Å². The first-order valence-electron chi connectivity index (χ1n) is 7.61. The Hall–Kier alpha value is -2.52. The van der Waals surface area contributed by atoms with E-state index in [1.165, 1.54) is 12.1 Å². The second-order valence-electron chi connectivity index (χ2n) is 5.24. The topological polar surface area (TPSA) is 93.5 Å². The summed E-state index contributed by atoms with van der Waals surface area (Å²) < 4.78 is 6.18. The zero-order chi connectivity index (χ0) is 19.3. The van der Waals surface area contributed by atoms with E-state index in [0.717, 1.165) is 10.0 Å². The van der Waals surface area contributed by atoms with E-state index in [1.807, 2.05) is 6.92 Å². The van der Waals surface area contributed by atoms with Gasteiger partial charge < -0.3 is 10.1 Å². The fourth-order valence-corrected chi connectivity index (χ4v) is 2.71. The van der Waals surface area contributed by atoms with Crippen LogP contribution in [0.5, 0.6) is 5.75 Å². The summed E-state index contributed by atoms with van der Waals surface area (Å²) in [6.07, 6.45) is 0. The van der Waals surface area contributed by atoms with E-state index in [-0.39, 0.29) is 10.8 Å². The molecule has 0 fully saturated rings. The monoisotopic (exact) mass is 437 g/mol. The van der Waals surface area contributed by atoms with Crippen LogP contribution in [0.1, 0.15) is 22.8 Å². The van der Waals surface area contributed by atoms with Crippen molar-refractivity contribution in [2.75, 3.05) is 11.9 Å². The molecule has 0 radical (unpaired) electrons. The molecule has 2 aromatic carbocycles. The number of benzene rings is 2. The first-order valence-corrected chi connectivity index (χ1v) is 8.81. The van der Waals surface area contributed by atoms with Crippen LogP contribution in [-0.2, 0) is 0 Å². The second-order valence-corrected chi connectivity index (χ2v) is 6.56. The van der Waals surface area contributed by atoms with Crippen molar-refractivity contribution in [2.45, 2.75) is 13.8 Å². The average Bonchev–Trinajstić information content (AvgIpc) is 2.58. The van der Waals surface area contributed by atoms with Gasteiger partial charge in [0.2, 0.25) is 0 Å². The molecule has 0 unspecified atom stereocenters. The maximum atomic E-state index is 12.5. The van der Waals surface area contributed by atoms with E-state index < -0.39 is 10.8 Å². The summed E-state index contributed by atoms with van der Waals surface area (Å²) in [5.41, 5.74) is 1.45. The van der Waals surface area contributed by atoms with Gasteiger partial charge in [-0.05, 0) is 49.8 Å². The van der Waals surface area contributed by atoms with Gasteiger partial charge in [0.15, 0.2) is 5.11 Å². The van der Waals surface area contributed by atoms with Crippen molar-refractivity contribution >= 4 is 50.5 Å². The maximum Gasteiger partial charge on any atom is 0.271 e. The Morgan fingerprint density at radius 3 is 2.69 bits per heavy atom. The van der Waals surface area contributed by atoms with Crippen LogP contribution >= 0.6 is 28.1 Å². The third-order valence-corrected chi connectivity index (χ3v) is 4.09. The van der Waals surface area contributed by atoms with Crippen LogP contribution in [0.4, 0.5) is 11.4 Å². The predicted molar refractivity (Wildman–Crippen MR) is 107 cm³/mol. The summed E-state index contributed by atoms with van der Waals surface area (Å²) in [6, 6.07) is 9.44. The SMILES string of the molecule is CCOc1ccc(Br)cc1C(=O)NC(=S)Nc1cc([N+](=O)[O-])ccc1C. The van der Waals surface area contributed by atoms with Gasteiger partial charge in [0, 0.05) is 22.3 Å². The summed E-state index contributed by atoms with van der Waals surface area (Å²) in [6.45, 7) is 4.01. The molecule has 2 rings (SSSR count). The predicted octanol–water partition coefficient (Wildman–Crippen LogP) is 4.19. The number of halogens is 1. The number of nitro groups is 1. The normalized spacial score (nSPS) is 10.1. The molecule has 0 saturated carbocycles. The Morgan fingerprint density at radius 1 is 1.31 bits per heavy atom. The highest BCUT2D eigenvalue weighted by Gasteiger charge is 2.16. The Bertz CT molecular complexity index is 873. The third kappa shape index (κ3) is 4.99. The summed E-state index contributed by atoms with van der Waals surface area (Å²) >= 11 is 8.48. The number of non-ortho nitro benzene ring substituents is 1. The number of thiocarbonyl (C=S) groups is 1. The van der Waals surface area contributed by atoms with Gasteiger partial charge in [0.1, 0.15) is 5.75 Å². The molecular weight excluding hydrogens is 422 g/mol. The Kier molecular flexibility index (Phi) is 6.64. The molecule has 7 nitrogen and oxygen atoms in total. The molecule has 0 aliphatic carbocycles. The lowest BCUT2D eigenvalue weighted by atomic mass is 10.2. The van der Waals surface area contributed by atoms with Gasteiger partial charge in [-0.25, -0.2) is 0 Å². The average molecular weight is 438 g/mol. The van der Waals surface area contributed by atoms with Crippen molar-refractivity contribution in [3.8, 4) is 5.75 Å². The van der Waals surface area contributed by atoms with Gasteiger partial charge in [-0.2, -0.15) is 0 Å². The molecule has 0 aromatic heterocycles. The summed E-state index contributed by atoms with van der Waals surface area (Å²) in [5.74, 6) is -0.0159. The van der Waals surface area contributed by atoms with Crippen LogP contribution in [-0.4, -0.2) is 22.5 Å². The van der Waals surface area contributed by atoms with Gasteiger partial charge in [-0.1, -0.05) is 22.0 Å². The molecular formula is C17H16BrN3O4S. The minimum absolute atomic E-state index is 0.0287. The Morgan fingerprint density at radius 2 is 2.04 bits per heavy atom. The number of aryl methyl sites for hydroxylation is 1. The molecule has 1 amide bonds. The Balaban J connectivity index is 2.16. The van der Waals surface area contributed by atoms with Crippen molar-refractivity contribution in [2.24, 2.45) is 0 Å². The first-order chi connectivity index (χ1) is 12.3. The smallest absolute Gasteiger partial charge is 0.271 e. The Labute approximate surface area is 164 Å². The zero-order valence-corrected chi connectivity index (χ0v) is 16.4. The fourth-order valence-electron chi connectivity index (χ4n) is 2.14. The summed E-state index contributed by atoms with van der Waals surface area (Å²) in [5, 5.41) is 16.3. The van der Waals surface area contributed by atoms with E-state index in [0.29, 0.717) is 23.6 Å². The standard InChI is InChI=1S/C17H16BrN3O4S/c1-3-25-15-7-5-11(18)8-13(15)16(22)20-17(26)19-14-9-12(21(23)24)6-4-10(14)2/h4-9H,3H2,1-2H3,(H2,19,20,22,26). The highest BCUT2D eigenvalue weighted by Crippen LogP contribution is 2.24. The minimum atomic E-state index is -0.498. The number of carbonyl (C=O) groups is 1. The van der Waals surface area contributed by atoms with E-state index >= 15 is 0 Å². The lowest BCUT2D eigenvalue weighted by Crippen LogP contribution is -2.34. The molecule has 0 bridgehead atoms. The summed E-state index contributed by atoms with van der Waals surface area (Å²) in [7, 11) is 0. The van der Waals surface area contributed by atoms with Crippen LogP contribution < -0.4 is 15.4 Å². The molecule has 0 aliphatic rings. The molecule has 2 N–H and O–H groups in total. The van der Waals surface area contributed by atoms with Gasteiger partial charge in [-0.3, -0.25) is 20.2 Å². The number of hydrogen-bond acceptors (Lipinski definition) is 5. The van der Waals surface area contributed by atoms with Crippen molar-refractivity contribution in [1.82, 2.24) is 5.32 Å². The second kappa shape index (κ2) is 8.72. The van der Waals surface area contributed by atoms with E-state index in [4.69, 9.17) is 17.0 Å². The molecule has 0 heterocycles. The number of carbonyl (C=O) groups excluding carboxylic acids is 1. The van der Waals surface area contributed by atoms with Crippen LogP contribution in [0, 0.1) is 17.0 Å². The number of nitrogens with zero attached hydrogens (tertiary/aromatic N) is 1. The molecule has 9 heteroatoms. The van der Waals surface area contributed by atoms with E-state index in [2.05, 4.69) is 26.6 Å². The number of anilines is 1.